The molecule has 25 heavy (non-hydrogen) atoms. The van der Waals surface area contributed by atoms with Crippen molar-refractivity contribution in [3.05, 3.63) is 11.6 Å². The van der Waals surface area contributed by atoms with Gasteiger partial charge in [-0.25, -0.2) is 0 Å². The number of aliphatic hydroxyl groups excluding tert-OH is 3. The van der Waals surface area contributed by atoms with Crippen LogP contribution in [0.2, 0.25) is 0 Å². The summed E-state index contributed by atoms with van der Waals surface area (Å²) in [6.45, 7) is 6.41. The van der Waals surface area contributed by atoms with Gasteiger partial charge in [-0.3, -0.25) is 0 Å². The molecule has 3 rings (SSSR count). The minimum Gasteiger partial charge on any atom is -0.396 e. The third-order valence-electron chi connectivity index (χ3n) is 7.83. The Bertz CT molecular complexity index is 510. The second-order valence-corrected chi connectivity index (χ2v) is 9.42. The molecule has 0 heterocycles. The third-order valence-corrected chi connectivity index (χ3v) is 7.83. The van der Waals surface area contributed by atoms with Crippen molar-refractivity contribution < 1.29 is 20.4 Å². The summed E-state index contributed by atoms with van der Waals surface area (Å²) in [5.41, 5.74) is 0.489. The maximum Gasteiger partial charge on any atom is 0.0709 e. The molecule has 0 saturated heterocycles. The molecule has 0 aromatic carbocycles. The molecule has 0 amide bonds. The molecule has 7 unspecified atom stereocenters. The van der Waals surface area contributed by atoms with Crippen LogP contribution in [-0.4, -0.2) is 45.3 Å². The third kappa shape index (κ3) is 3.20. The smallest absolute Gasteiger partial charge is 0.0709 e. The molecule has 0 radical (unpaired) electrons. The first kappa shape index (κ1) is 19.3. The summed E-state index contributed by atoms with van der Waals surface area (Å²) in [4.78, 5) is 0. The second-order valence-electron chi connectivity index (χ2n) is 9.42. The second kappa shape index (κ2) is 6.95. The normalized spacial score (nSPS) is 47.2. The SMILES string of the molecule is CCC1CC(O)C2C1CC1(C)CCC(C(CO)CO)C1=CCC2(C)O. The van der Waals surface area contributed by atoms with Gasteiger partial charge in [-0.05, 0) is 62.2 Å². The Kier molecular flexibility index (Phi) is 5.38. The van der Waals surface area contributed by atoms with Crippen LogP contribution in [0.3, 0.4) is 0 Å². The molecular formula is C21H36O4. The van der Waals surface area contributed by atoms with Crippen molar-refractivity contribution in [1.29, 1.82) is 0 Å². The standard InChI is InChI=1S/C21H36O4/c1-4-13-9-18(24)19-16(13)10-20(2)7-5-15(14(11-22)12-23)17(20)6-8-21(19,3)25/h6,13-16,18-19,22-25H,4-5,7-12H2,1-3H3. The molecule has 144 valence electrons. The summed E-state index contributed by atoms with van der Waals surface area (Å²) in [5.74, 6) is 0.845. The Balaban J connectivity index is 1.98. The van der Waals surface area contributed by atoms with Gasteiger partial charge < -0.3 is 20.4 Å². The molecule has 0 aromatic heterocycles. The lowest BCUT2D eigenvalue weighted by molar-refractivity contribution is -0.0700. The lowest BCUT2D eigenvalue weighted by Crippen LogP contribution is -2.45. The Morgan fingerprint density at radius 3 is 2.52 bits per heavy atom. The van der Waals surface area contributed by atoms with Gasteiger partial charge in [0.15, 0.2) is 0 Å². The van der Waals surface area contributed by atoms with Crippen LogP contribution in [0.1, 0.15) is 59.3 Å². The summed E-state index contributed by atoms with van der Waals surface area (Å²) in [6.07, 6.45) is 7.21. The van der Waals surface area contributed by atoms with Crippen LogP contribution < -0.4 is 0 Å². The zero-order valence-corrected chi connectivity index (χ0v) is 16.0. The molecule has 0 bridgehead atoms. The summed E-state index contributed by atoms with van der Waals surface area (Å²) in [5, 5.41) is 41.2. The number of rotatable bonds is 4. The van der Waals surface area contributed by atoms with E-state index in [-0.39, 0.29) is 36.4 Å². The first-order chi connectivity index (χ1) is 11.8. The van der Waals surface area contributed by atoms with Crippen LogP contribution in [-0.2, 0) is 0 Å². The van der Waals surface area contributed by atoms with E-state index in [1.165, 1.54) is 5.57 Å². The van der Waals surface area contributed by atoms with Gasteiger partial charge in [0, 0.05) is 25.0 Å². The highest BCUT2D eigenvalue weighted by atomic mass is 16.3. The van der Waals surface area contributed by atoms with E-state index in [9.17, 15) is 20.4 Å². The Labute approximate surface area is 152 Å². The first-order valence-electron chi connectivity index (χ1n) is 10.1. The van der Waals surface area contributed by atoms with Gasteiger partial charge in [0.1, 0.15) is 0 Å². The van der Waals surface area contributed by atoms with Crippen molar-refractivity contribution in [3.63, 3.8) is 0 Å². The quantitative estimate of drug-likeness (QED) is 0.586. The summed E-state index contributed by atoms with van der Waals surface area (Å²) in [6, 6.07) is 0. The summed E-state index contributed by atoms with van der Waals surface area (Å²) < 4.78 is 0. The van der Waals surface area contributed by atoms with Crippen LogP contribution >= 0.6 is 0 Å². The molecule has 0 aromatic rings. The largest absolute Gasteiger partial charge is 0.396 e. The minimum absolute atomic E-state index is 0.00727. The van der Waals surface area contributed by atoms with E-state index in [1.807, 2.05) is 6.92 Å². The van der Waals surface area contributed by atoms with Gasteiger partial charge in [-0.15, -0.1) is 0 Å². The maximum absolute atomic E-state index is 11.2. The number of allylic oxidation sites excluding steroid dienone is 1. The van der Waals surface area contributed by atoms with E-state index in [0.717, 1.165) is 32.1 Å². The zero-order valence-electron chi connectivity index (χ0n) is 16.0. The van der Waals surface area contributed by atoms with Crippen molar-refractivity contribution in [3.8, 4) is 0 Å². The lowest BCUT2D eigenvalue weighted by atomic mass is 9.64. The van der Waals surface area contributed by atoms with E-state index in [1.54, 1.807) is 0 Å². The fourth-order valence-electron chi connectivity index (χ4n) is 6.46. The fourth-order valence-corrected chi connectivity index (χ4v) is 6.46. The lowest BCUT2D eigenvalue weighted by Gasteiger charge is -2.44. The molecule has 2 fully saturated rings. The van der Waals surface area contributed by atoms with Gasteiger partial charge in [-0.2, -0.15) is 0 Å². The van der Waals surface area contributed by atoms with Gasteiger partial charge >= 0.3 is 0 Å². The van der Waals surface area contributed by atoms with Gasteiger partial charge in [-0.1, -0.05) is 31.9 Å². The highest BCUT2D eigenvalue weighted by Gasteiger charge is 2.55. The number of fused-ring (bicyclic) bond motifs is 2. The molecule has 4 N–H and O–H groups in total. The molecule has 4 nitrogen and oxygen atoms in total. The Hall–Kier alpha value is -0.420. The van der Waals surface area contributed by atoms with Crippen LogP contribution in [0.5, 0.6) is 0 Å². The van der Waals surface area contributed by atoms with E-state index >= 15 is 0 Å². The molecular weight excluding hydrogens is 316 g/mol. The summed E-state index contributed by atoms with van der Waals surface area (Å²) in [7, 11) is 0. The van der Waals surface area contributed by atoms with E-state index in [4.69, 9.17) is 0 Å². The highest BCUT2D eigenvalue weighted by Crippen LogP contribution is 2.59. The molecule has 0 spiro atoms. The molecule has 2 saturated carbocycles. The van der Waals surface area contributed by atoms with Crippen molar-refractivity contribution in [2.45, 2.75) is 71.0 Å². The summed E-state index contributed by atoms with van der Waals surface area (Å²) >= 11 is 0. The van der Waals surface area contributed by atoms with Gasteiger partial charge in [0.05, 0.1) is 11.7 Å². The monoisotopic (exact) mass is 352 g/mol. The molecule has 4 heteroatoms. The van der Waals surface area contributed by atoms with Crippen LogP contribution in [0.25, 0.3) is 0 Å². The van der Waals surface area contributed by atoms with Crippen molar-refractivity contribution >= 4 is 0 Å². The predicted molar refractivity (Wildman–Crippen MR) is 97.8 cm³/mol. The Morgan fingerprint density at radius 1 is 1.24 bits per heavy atom. The average Bonchev–Trinajstić information content (AvgIpc) is 3.03. The van der Waals surface area contributed by atoms with Crippen molar-refractivity contribution in [2.24, 2.45) is 35.0 Å². The van der Waals surface area contributed by atoms with E-state index in [2.05, 4.69) is 19.9 Å². The fraction of sp³-hybridized carbons (Fsp3) is 0.905. The van der Waals surface area contributed by atoms with Crippen molar-refractivity contribution in [1.82, 2.24) is 0 Å². The van der Waals surface area contributed by atoms with E-state index < -0.39 is 11.7 Å². The molecule has 3 aliphatic rings. The van der Waals surface area contributed by atoms with Gasteiger partial charge in [0.2, 0.25) is 0 Å². The number of hydrogen-bond donors (Lipinski definition) is 4. The van der Waals surface area contributed by atoms with Crippen LogP contribution in [0, 0.1) is 35.0 Å². The maximum atomic E-state index is 11.2. The number of aliphatic hydroxyl groups is 4. The average molecular weight is 353 g/mol. The van der Waals surface area contributed by atoms with Gasteiger partial charge in [0.25, 0.3) is 0 Å². The molecule has 3 aliphatic carbocycles. The predicted octanol–water partition coefficient (Wildman–Crippen LogP) is 2.50. The molecule has 7 atom stereocenters. The van der Waals surface area contributed by atoms with E-state index in [0.29, 0.717) is 18.3 Å². The van der Waals surface area contributed by atoms with Crippen molar-refractivity contribution in [2.75, 3.05) is 13.2 Å². The topological polar surface area (TPSA) is 80.9 Å². The number of hydrogen-bond acceptors (Lipinski definition) is 4. The minimum atomic E-state index is -0.899. The first-order valence-corrected chi connectivity index (χ1v) is 10.1. The Morgan fingerprint density at radius 2 is 1.92 bits per heavy atom. The molecule has 0 aliphatic heterocycles. The van der Waals surface area contributed by atoms with Crippen LogP contribution in [0.4, 0.5) is 0 Å². The van der Waals surface area contributed by atoms with Crippen LogP contribution in [0.15, 0.2) is 11.6 Å². The zero-order chi connectivity index (χ0) is 18.4. The highest BCUT2D eigenvalue weighted by molar-refractivity contribution is 5.26.